The minimum Gasteiger partial charge on any atom is -0.337 e. The van der Waals surface area contributed by atoms with E-state index >= 15 is 0 Å². The summed E-state index contributed by atoms with van der Waals surface area (Å²) in [5, 5.41) is 1.02. The monoisotopic (exact) mass is 479 g/mol. The number of halogens is 2. The molecule has 1 aromatic heterocycles. The fourth-order valence-corrected chi connectivity index (χ4v) is 5.03. The van der Waals surface area contributed by atoms with Gasteiger partial charge in [-0.25, -0.2) is 0 Å². The average Bonchev–Trinajstić information content (AvgIpc) is 2.82. The van der Waals surface area contributed by atoms with Crippen LogP contribution in [0.4, 0.5) is 0 Å². The molecule has 170 valence electrons. The molecule has 1 unspecified atom stereocenters. The molecule has 0 saturated carbocycles. The third-order valence-electron chi connectivity index (χ3n) is 6.93. The number of likely N-dealkylation sites (tertiary alicyclic amines) is 1. The number of aryl methyl sites for hydroxylation is 1. The number of rotatable bonds is 5. The van der Waals surface area contributed by atoms with E-state index in [1.165, 1.54) is 36.2 Å². The fraction of sp³-hybridized carbons (Fsp3) is 0.333. The molecule has 0 bridgehead atoms. The van der Waals surface area contributed by atoms with E-state index < -0.39 is 0 Å². The lowest BCUT2D eigenvalue weighted by Gasteiger charge is -2.33. The second kappa shape index (κ2) is 9.46. The van der Waals surface area contributed by atoms with Crippen molar-refractivity contribution < 1.29 is 4.79 Å². The molecule has 5 rings (SSSR count). The van der Waals surface area contributed by atoms with E-state index in [2.05, 4.69) is 28.1 Å². The summed E-state index contributed by atoms with van der Waals surface area (Å²) in [6.45, 7) is 3.49. The number of benzene rings is 2. The second-order valence-corrected chi connectivity index (χ2v) is 9.92. The van der Waals surface area contributed by atoms with Crippen LogP contribution in [0.15, 0.2) is 54.7 Å². The van der Waals surface area contributed by atoms with Crippen molar-refractivity contribution in [2.45, 2.75) is 38.3 Å². The maximum Gasteiger partial charge on any atom is 0.272 e. The standard InChI is InChI=1S/C27H27Cl2N3O/c1-31(23-8-5-19-13-18(3-4-20(19)14-23)17-32-11-2-12-32)27(33)26-10-7-22(16-30-26)21-6-9-24(28)25(29)15-21/h3-4,6-7,9-10,13,15-16,23H,2,5,8,11-12,14,17H2,1H3. The molecular weight excluding hydrogens is 453 g/mol. The topological polar surface area (TPSA) is 36.4 Å². The number of hydrogen-bond donors (Lipinski definition) is 0. The highest BCUT2D eigenvalue weighted by atomic mass is 35.5. The Balaban J connectivity index is 1.25. The number of likely N-dealkylation sites (N-methyl/N-ethyl adjacent to an activating group) is 1. The van der Waals surface area contributed by atoms with Gasteiger partial charge in [-0.05, 0) is 79.2 Å². The van der Waals surface area contributed by atoms with Crippen molar-refractivity contribution in [1.29, 1.82) is 0 Å². The Hall–Kier alpha value is -2.40. The van der Waals surface area contributed by atoms with Crippen LogP contribution in [0.2, 0.25) is 10.0 Å². The molecule has 2 aliphatic rings. The minimum absolute atomic E-state index is 0.0430. The van der Waals surface area contributed by atoms with Gasteiger partial charge in [0.25, 0.3) is 5.91 Å². The summed E-state index contributed by atoms with van der Waals surface area (Å²) in [5.41, 5.74) is 6.48. The molecule has 1 amide bonds. The first-order valence-corrected chi connectivity index (χ1v) is 12.3. The van der Waals surface area contributed by atoms with Gasteiger partial charge in [0, 0.05) is 31.4 Å². The van der Waals surface area contributed by atoms with Crippen LogP contribution in [0.25, 0.3) is 11.1 Å². The van der Waals surface area contributed by atoms with E-state index in [4.69, 9.17) is 23.2 Å². The number of nitrogens with zero attached hydrogens (tertiary/aromatic N) is 3. The van der Waals surface area contributed by atoms with Crippen LogP contribution in [-0.4, -0.2) is 46.9 Å². The van der Waals surface area contributed by atoms with E-state index in [1.54, 1.807) is 18.3 Å². The third-order valence-corrected chi connectivity index (χ3v) is 7.67. The SMILES string of the molecule is CN(C(=O)c1ccc(-c2ccc(Cl)c(Cl)c2)cn1)C1CCc2cc(CN3CCC3)ccc2C1. The third kappa shape index (κ3) is 4.79. The van der Waals surface area contributed by atoms with Crippen molar-refractivity contribution in [3.05, 3.63) is 87.2 Å². The van der Waals surface area contributed by atoms with E-state index in [9.17, 15) is 4.79 Å². The molecule has 1 atom stereocenters. The normalized spacial score (nSPS) is 17.8. The minimum atomic E-state index is -0.0430. The van der Waals surface area contributed by atoms with Crippen LogP contribution in [-0.2, 0) is 19.4 Å². The average molecular weight is 480 g/mol. The number of carbonyl (C=O) groups is 1. The van der Waals surface area contributed by atoms with Gasteiger partial charge in [0.05, 0.1) is 10.0 Å². The molecule has 2 heterocycles. The van der Waals surface area contributed by atoms with Crippen molar-refractivity contribution in [1.82, 2.24) is 14.8 Å². The Kier molecular flexibility index (Phi) is 6.42. The lowest BCUT2D eigenvalue weighted by molar-refractivity contribution is 0.0713. The zero-order valence-corrected chi connectivity index (χ0v) is 20.2. The van der Waals surface area contributed by atoms with Gasteiger partial charge >= 0.3 is 0 Å². The van der Waals surface area contributed by atoms with Crippen molar-refractivity contribution in [3.8, 4) is 11.1 Å². The number of aromatic nitrogens is 1. The molecule has 0 N–H and O–H groups in total. The van der Waals surface area contributed by atoms with Crippen LogP contribution >= 0.6 is 23.2 Å². The van der Waals surface area contributed by atoms with Crippen LogP contribution in [0, 0.1) is 0 Å². The lowest BCUT2D eigenvalue weighted by atomic mass is 9.86. The van der Waals surface area contributed by atoms with Crippen molar-refractivity contribution in [2.24, 2.45) is 0 Å². The summed E-state index contributed by atoms with van der Waals surface area (Å²) in [7, 11) is 1.89. The highest BCUT2D eigenvalue weighted by molar-refractivity contribution is 6.42. The largest absolute Gasteiger partial charge is 0.337 e. The summed E-state index contributed by atoms with van der Waals surface area (Å²) >= 11 is 12.1. The lowest BCUT2D eigenvalue weighted by Crippen LogP contribution is -2.41. The van der Waals surface area contributed by atoms with Gasteiger partial charge in [0.1, 0.15) is 5.69 Å². The van der Waals surface area contributed by atoms with Crippen molar-refractivity contribution in [3.63, 3.8) is 0 Å². The Bertz CT molecular complexity index is 1170. The van der Waals surface area contributed by atoms with Crippen molar-refractivity contribution >= 4 is 29.1 Å². The van der Waals surface area contributed by atoms with E-state index in [1.807, 2.05) is 30.1 Å². The molecule has 3 aromatic rings. The number of amides is 1. The molecular formula is C27H27Cl2N3O. The van der Waals surface area contributed by atoms with E-state index in [0.29, 0.717) is 15.7 Å². The van der Waals surface area contributed by atoms with E-state index in [-0.39, 0.29) is 11.9 Å². The predicted molar refractivity (Wildman–Crippen MR) is 134 cm³/mol. The molecule has 33 heavy (non-hydrogen) atoms. The molecule has 0 spiro atoms. The first kappa shape index (κ1) is 22.4. The van der Waals surface area contributed by atoms with Crippen LogP contribution in [0.5, 0.6) is 0 Å². The number of carbonyl (C=O) groups excluding carboxylic acids is 1. The Morgan fingerprint density at radius 1 is 1.03 bits per heavy atom. The van der Waals surface area contributed by atoms with Gasteiger partial charge < -0.3 is 4.90 Å². The van der Waals surface area contributed by atoms with E-state index in [0.717, 1.165) is 36.9 Å². The van der Waals surface area contributed by atoms with Gasteiger partial charge in [-0.15, -0.1) is 0 Å². The summed E-state index contributed by atoms with van der Waals surface area (Å²) in [4.78, 5) is 21.9. The summed E-state index contributed by atoms with van der Waals surface area (Å²) < 4.78 is 0. The van der Waals surface area contributed by atoms with Gasteiger partial charge in [0.2, 0.25) is 0 Å². The first-order valence-electron chi connectivity index (χ1n) is 11.5. The fourth-order valence-electron chi connectivity index (χ4n) is 4.73. The van der Waals surface area contributed by atoms with Crippen LogP contribution in [0.3, 0.4) is 0 Å². The summed E-state index contributed by atoms with van der Waals surface area (Å²) in [6, 6.07) is 16.2. The van der Waals surface area contributed by atoms with Gasteiger partial charge in [-0.3, -0.25) is 14.7 Å². The van der Waals surface area contributed by atoms with Crippen LogP contribution < -0.4 is 0 Å². The number of fused-ring (bicyclic) bond motifs is 1. The predicted octanol–water partition coefficient (Wildman–Crippen LogP) is 5.89. The highest BCUT2D eigenvalue weighted by Crippen LogP contribution is 2.29. The molecule has 1 aliphatic heterocycles. The molecule has 1 fully saturated rings. The number of hydrogen-bond acceptors (Lipinski definition) is 3. The molecule has 1 saturated heterocycles. The molecule has 0 radical (unpaired) electrons. The zero-order valence-electron chi connectivity index (χ0n) is 18.7. The van der Waals surface area contributed by atoms with Crippen molar-refractivity contribution in [2.75, 3.05) is 20.1 Å². The summed E-state index contributed by atoms with van der Waals surface area (Å²) in [5.74, 6) is -0.0430. The first-order chi connectivity index (χ1) is 16.0. The maximum atomic E-state index is 13.1. The number of pyridine rings is 1. The molecule has 4 nitrogen and oxygen atoms in total. The maximum absolute atomic E-state index is 13.1. The van der Waals surface area contributed by atoms with Crippen LogP contribution in [0.1, 0.15) is 40.0 Å². The molecule has 1 aliphatic carbocycles. The Morgan fingerprint density at radius 2 is 1.85 bits per heavy atom. The zero-order chi connectivity index (χ0) is 22.9. The quantitative estimate of drug-likeness (QED) is 0.457. The van der Waals surface area contributed by atoms with Gasteiger partial charge in [0.15, 0.2) is 0 Å². The molecule has 2 aromatic carbocycles. The smallest absolute Gasteiger partial charge is 0.272 e. The van der Waals surface area contributed by atoms with Gasteiger partial charge in [-0.1, -0.05) is 53.5 Å². The van der Waals surface area contributed by atoms with Gasteiger partial charge in [-0.2, -0.15) is 0 Å². The molecule has 6 heteroatoms. The summed E-state index contributed by atoms with van der Waals surface area (Å²) in [6.07, 6.45) is 5.92. The second-order valence-electron chi connectivity index (χ2n) is 9.11. The highest BCUT2D eigenvalue weighted by Gasteiger charge is 2.27. The Labute approximate surface area is 205 Å². The Morgan fingerprint density at radius 3 is 2.55 bits per heavy atom.